The highest BCUT2D eigenvalue weighted by Crippen LogP contribution is 2.43. The maximum atomic E-state index is 14.5. The van der Waals surface area contributed by atoms with Crippen LogP contribution in [-0.4, -0.2) is 31.9 Å². The summed E-state index contributed by atoms with van der Waals surface area (Å²) < 4.78 is 14.5. The van der Waals surface area contributed by atoms with Crippen molar-refractivity contribution in [1.29, 1.82) is 0 Å². The molecule has 0 bridgehead atoms. The van der Waals surface area contributed by atoms with Gasteiger partial charge in [-0.25, -0.2) is 4.39 Å². The van der Waals surface area contributed by atoms with E-state index in [-0.39, 0.29) is 27.6 Å². The number of hydrogen-bond acceptors (Lipinski definition) is 5. The van der Waals surface area contributed by atoms with Crippen molar-refractivity contribution in [3.05, 3.63) is 88.0 Å². The molecule has 2 amide bonds. The molecule has 1 unspecified atom stereocenters. The molecular weight excluding hydrogens is 437 g/mol. The summed E-state index contributed by atoms with van der Waals surface area (Å²) >= 11 is 6.08. The third-order valence-corrected chi connectivity index (χ3v) is 5.75. The van der Waals surface area contributed by atoms with Gasteiger partial charge >= 0.3 is 0 Å². The lowest BCUT2D eigenvalue weighted by atomic mass is 9.98. The summed E-state index contributed by atoms with van der Waals surface area (Å²) in [6, 6.07) is 7.81. The molecule has 0 saturated carbocycles. The Kier molecular flexibility index (Phi) is 5.71. The number of fused-ring (bicyclic) bond motifs is 1. The van der Waals surface area contributed by atoms with Crippen molar-refractivity contribution in [1.82, 2.24) is 9.88 Å². The van der Waals surface area contributed by atoms with Gasteiger partial charge in [-0.2, -0.15) is 0 Å². The molecule has 2 atom stereocenters. The average Bonchev–Trinajstić information content (AvgIpc) is 3.15. The van der Waals surface area contributed by atoms with Crippen LogP contribution in [0.4, 0.5) is 4.39 Å². The van der Waals surface area contributed by atoms with Crippen LogP contribution in [0.5, 0.6) is 11.5 Å². The lowest BCUT2D eigenvalue weighted by molar-refractivity contribution is -0.123. The number of carbonyl (C=O) groups is 2. The first-order chi connectivity index (χ1) is 15.3. The molecular formula is C23H19ClFN3O4. The second-order valence-corrected chi connectivity index (χ2v) is 7.96. The van der Waals surface area contributed by atoms with Crippen LogP contribution in [0.15, 0.2) is 54.9 Å². The van der Waals surface area contributed by atoms with Gasteiger partial charge in [-0.05, 0) is 54.3 Å². The molecule has 1 aliphatic carbocycles. The Morgan fingerprint density at radius 3 is 2.62 bits per heavy atom. The van der Waals surface area contributed by atoms with Gasteiger partial charge in [-0.15, -0.1) is 0 Å². The molecule has 0 aliphatic heterocycles. The minimum Gasteiger partial charge on any atom is -0.507 e. The summed E-state index contributed by atoms with van der Waals surface area (Å²) in [6.45, 7) is 0. The molecule has 0 radical (unpaired) electrons. The molecule has 0 spiro atoms. The van der Waals surface area contributed by atoms with Gasteiger partial charge in [-0.1, -0.05) is 23.7 Å². The number of hydrogen-bond donors (Lipinski definition) is 3. The maximum Gasteiger partial charge on any atom is 0.259 e. The van der Waals surface area contributed by atoms with Gasteiger partial charge in [0.15, 0.2) is 0 Å². The number of phenols is 1. The fourth-order valence-electron chi connectivity index (χ4n) is 4.20. The van der Waals surface area contributed by atoms with Gasteiger partial charge in [0.2, 0.25) is 5.91 Å². The first-order valence-electron chi connectivity index (χ1n) is 9.79. The SMILES string of the molecule is NC(=O)C(c1cncc(O)c1)N(C(=O)c1ccccc1O)[C@@H]1CCc2c(F)cc(Cl)cc21. The first kappa shape index (κ1) is 21.6. The Bertz CT molecular complexity index is 1220. The second kappa shape index (κ2) is 8.47. The van der Waals surface area contributed by atoms with Gasteiger partial charge < -0.3 is 20.8 Å². The fourth-order valence-corrected chi connectivity index (χ4v) is 4.41. The average molecular weight is 456 g/mol. The van der Waals surface area contributed by atoms with Gasteiger partial charge in [-0.3, -0.25) is 14.6 Å². The fraction of sp³-hybridized carbons (Fsp3) is 0.174. The van der Waals surface area contributed by atoms with Crippen LogP contribution < -0.4 is 5.73 Å². The van der Waals surface area contributed by atoms with E-state index in [0.717, 1.165) is 0 Å². The number of benzene rings is 2. The number of rotatable bonds is 5. The highest BCUT2D eigenvalue weighted by Gasteiger charge is 2.41. The molecule has 1 aromatic heterocycles. The van der Waals surface area contributed by atoms with E-state index in [1.54, 1.807) is 18.2 Å². The highest BCUT2D eigenvalue weighted by atomic mass is 35.5. The number of amides is 2. The standard InChI is InChI=1S/C23H19ClFN3O4/c24-13-8-17-15(18(25)9-13)5-6-19(17)28(23(32)16-3-1-2-4-20(16)30)21(22(26)31)12-7-14(29)11-27-10-12/h1-4,7-11,19,21,29-30H,5-6H2,(H2,26,31)/t19-,21?/m1/s1. The third-order valence-electron chi connectivity index (χ3n) is 5.53. The van der Waals surface area contributed by atoms with E-state index in [9.17, 15) is 24.2 Å². The zero-order valence-electron chi connectivity index (χ0n) is 16.7. The molecule has 0 fully saturated rings. The second-order valence-electron chi connectivity index (χ2n) is 7.52. The monoisotopic (exact) mass is 455 g/mol. The topological polar surface area (TPSA) is 117 Å². The van der Waals surface area contributed by atoms with Crippen LogP contribution in [-0.2, 0) is 11.2 Å². The number of aromatic nitrogens is 1. The maximum absolute atomic E-state index is 14.5. The van der Waals surface area contributed by atoms with Gasteiger partial charge in [0.1, 0.15) is 23.4 Å². The molecule has 3 aromatic rings. The molecule has 4 rings (SSSR count). The number of primary amides is 1. The van der Waals surface area contributed by atoms with Gasteiger partial charge in [0.05, 0.1) is 17.8 Å². The van der Waals surface area contributed by atoms with Crippen molar-refractivity contribution in [3.63, 3.8) is 0 Å². The molecule has 4 N–H and O–H groups in total. The summed E-state index contributed by atoms with van der Waals surface area (Å²) in [5.74, 6) is -2.56. The Labute approximate surface area is 187 Å². The number of para-hydroxylation sites is 1. The molecule has 7 nitrogen and oxygen atoms in total. The number of nitrogens with two attached hydrogens (primary N) is 1. The molecule has 0 saturated heterocycles. The number of aromatic hydroxyl groups is 2. The molecule has 32 heavy (non-hydrogen) atoms. The smallest absolute Gasteiger partial charge is 0.259 e. The van der Waals surface area contributed by atoms with Crippen LogP contribution in [0, 0.1) is 5.82 Å². The van der Waals surface area contributed by atoms with Gasteiger partial charge in [0, 0.05) is 16.8 Å². The van der Waals surface area contributed by atoms with Crippen LogP contribution >= 0.6 is 11.6 Å². The third kappa shape index (κ3) is 3.85. The number of carbonyl (C=O) groups excluding carboxylic acids is 2. The van der Waals surface area contributed by atoms with Gasteiger partial charge in [0.25, 0.3) is 5.91 Å². The van der Waals surface area contributed by atoms with E-state index in [0.29, 0.717) is 24.0 Å². The summed E-state index contributed by atoms with van der Waals surface area (Å²) in [6.07, 6.45) is 3.12. The molecule has 1 heterocycles. The van der Waals surface area contributed by atoms with Crippen LogP contribution in [0.2, 0.25) is 5.02 Å². The van der Waals surface area contributed by atoms with E-state index in [1.165, 1.54) is 41.6 Å². The summed E-state index contributed by atoms with van der Waals surface area (Å²) in [5.41, 5.74) is 6.69. The van der Waals surface area contributed by atoms with E-state index >= 15 is 0 Å². The zero-order chi connectivity index (χ0) is 23.0. The largest absolute Gasteiger partial charge is 0.507 e. The van der Waals surface area contributed by atoms with Crippen LogP contribution in [0.3, 0.4) is 0 Å². The van der Waals surface area contributed by atoms with Crippen molar-refractivity contribution in [3.8, 4) is 11.5 Å². The van der Waals surface area contributed by atoms with Crippen LogP contribution in [0.1, 0.15) is 45.6 Å². The Balaban J connectivity index is 1.91. The molecule has 2 aromatic carbocycles. The number of nitrogens with zero attached hydrogens (tertiary/aromatic N) is 2. The Morgan fingerprint density at radius 1 is 1.19 bits per heavy atom. The lowest BCUT2D eigenvalue weighted by Gasteiger charge is -2.36. The number of halogens is 2. The van der Waals surface area contributed by atoms with Crippen molar-refractivity contribution in [2.45, 2.75) is 24.9 Å². The van der Waals surface area contributed by atoms with Crippen molar-refractivity contribution >= 4 is 23.4 Å². The minimum atomic E-state index is -1.35. The summed E-state index contributed by atoms with van der Waals surface area (Å²) in [7, 11) is 0. The minimum absolute atomic E-state index is 0.0530. The first-order valence-corrected chi connectivity index (χ1v) is 10.2. The predicted octanol–water partition coefficient (Wildman–Crippen LogP) is 3.64. The van der Waals surface area contributed by atoms with E-state index in [4.69, 9.17) is 17.3 Å². The summed E-state index contributed by atoms with van der Waals surface area (Å²) in [5, 5.41) is 20.3. The van der Waals surface area contributed by atoms with Crippen molar-refractivity contribution in [2.24, 2.45) is 5.73 Å². The van der Waals surface area contributed by atoms with E-state index < -0.39 is 29.7 Å². The van der Waals surface area contributed by atoms with Crippen molar-refractivity contribution < 1.29 is 24.2 Å². The molecule has 9 heteroatoms. The van der Waals surface area contributed by atoms with Crippen molar-refractivity contribution in [2.75, 3.05) is 0 Å². The number of phenolic OH excluding ortho intramolecular Hbond substituents is 1. The van der Waals surface area contributed by atoms with E-state index in [1.807, 2.05) is 0 Å². The predicted molar refractivity (Wildman–Crippen MR) is 115 cm³/mol. The quantitative estimate of drug-likeness (QED) is 0.543. The highest BCUT2D eigenvalue weighted by molar-refractivity contribution is 6.30. The zero-order valence-corrected chi connectivity index (χ0v) is 17.5. The number of pyridine rings is 1. The Hall–Kier alpha value is -3.65. The lowest BCUT2D eigenvalue weighted by Crippen LogP contribution is -2.43. The molecule has 164 valence electrons. The molecule has 1 aliphatic rings. The Morgan fingerprint density at radius 2 is 1.94 bits per heavy atom. The van der Waals surface area contributed by atoms with Crippen LogP contribution in [0.25, 0.3) is 0 Å². The summed E-state index contributed by atoms with van der Waals surface area (Å²) in [4.78, 5) is 31.4. The normalized spacial score (nSPS) is 15.8. The van der Waals surface area contributed by atoms with E-state index in [2.05, 4.69) is 4.98 Å².